The number of rotatable bonds is 4. The van der Waals surface area contributed by atoms with E-state index in [0.717, 1.165) is 0 Å². The number of aliphatic imine (C=N–C) groups is 1. The Kier molecular flexibility index (Phi) is 5.02. The Bertz CT molecular complexity index is 1210. The molecule has 29 heavy (non-hydrogen) atoms. The first-order chi connectivity index (χ1) is 13.9. The second-order valence-corrected chi connectivity index (χ2v) is 8.23. The fraction of sp³-hybridized carbons (Fsp3) is 0.0952. The fourth-order valence-corrected chi connectivity index (χ4v) is 4.33. The van der Waals surface area contributed by atoms with Gasteiger partial charge in [-0.2, -0.15) is 0 Å². The first-order valence-corrected chi connectivity index (χ1v) is 10.3. The molecule has 0 amide bonds. The van der Waals surface area contributed by atoms with Crippen LogP contribution < -0.4 is 10.0 Å². The topological polar surface area (TPSA) is 70.6 Å². The number of fused-ring (bicyclic) bond motifs is 1. The molecular formula is C21H17F2N3O2S. The molecular weight excluding hydrogens is 396 g/mol. The molecule has 0 radical (unpaired) electrons. The Hall–Kier alpha value is -3.26. The zero-order valence-corrected chi connectivity index (χ0v) is 16.0. The number of nitrogens with zero attached hydrogens (tertiary/aromatic N) is 1. The minimum Gasteiger partial charge on any atom is -0.324 e. The fourth-order valence-electron chi connectivity index (χ4n) is 3.15. The summed E-state index contributed by atoms with van der Waals surface area (Å²) in [7, 11) is -3.84. The van der Waals surface area contributed by atoms with Crippen LogP contribution in [0.15, 0.2) is 76.6 Å². The van der Waals surface area contributed by atoms with Gasteiger partial charge >= 0.3 is 0 Å². The van der Waals surface area contributed by atoms with E-state index in [-0.39, 0.29) is 23.2 Å². The number of hydrogen-bond donors (Lipinski definition) is 2. The van der Waals surface area contributed by atoms with Crippen molar-refractivity contribution in [1.29, 1.82) is 0 Å². The van der Waals surface area contributed by atoms with E-state index in [2.05, 4.69) is 15.0 Å². The summed E-state index contributed by atoms with van der Waals surface area (Å²) in [6, 6.07) is 17.2. The summed E-state index contributed by atoms with van der Waals surface area (Å²) in [5.41, 5.74) is 2.11. The quantitative estimate of drug-likeness (QED) is 0.683. The number of sulfonamides is 1. The lowest BCUT2D eigenvalue weighted by atomic mass is 10.0. The summed E-state index contributed by atoms with van der Waals surface area (Å²) in [5.74, 6) is -0.767. The van der Waals surface area contributed by atoms with Gasteiger partial charge in [0, 0.05) is 5.56 Å². The Morgan fingerprint density at radius 1 is 0.897 bits per heavy atom. The van der Waals surface area contributed by atoms with E-state index in [9.17, 15) is 17.2 Å². The monoisotopic (exact) mass is 413 g/mol. The van der Waals surface area contributed by atoms with Crippen molar-refractivity contribution in [3.63, 3.8) is 0 Å². The highest BCUT2D eigenvalue weighted by Crippen LogP contribution is 2.30. The average Bonchev–Trinajstić information content (AvgIpc) is 2.68. The molecule has 4 rings (SSSR count). The van der Waals surface area contributed by atoms with Crippen molar-refractivity contribution >= 4 is 21.7 Å². The molecule has 0 fully saturated rings. The molecule has 1 aliphatic rings. The molecule has 8 heteroatoms. The van der Waals surface area contributed by atoms with Gasteiger partial charge in [0.2, 0.25) is 5.96 Å². The van der Waals surface area contributed by atoms with Gasteiger partial charge in [0.15, 0.2) is 0 Å². The van der Waals surface area contributed by atoms with Crippen molar-refractivity contribution in [2.45, 2.75) is 17.9 Å². The molecule has 2 N–H and O–H groups in total. The maximum atomic E-state index is 13.8. The van der Waals surface area contributed by atoms with Gasteiger partial charge in [0.05, 0.1) is 12.2 Å². The molecule has 3 aromatic carbocycles. The largest absolute Gasteiger partial charge is 0.324 e. The maximum absolute atomic E-state index is 13.8. The number of hydrogen-bond acceptors (Lipinski definition) is 3. The number of guanidine groups is 1. The van der Waals surface area contributed by atoms with Crippen molar-refractivity contribution < 1.29 is 17.2 Å². The molecule has 1 heterocycles. The minimum absolute atomic E-state index is 0.00689. The van der Waals surface area contributed by atoms with Gasteiger partial charge in [-0.1, -0.05) is 42.5 Å². The van der Waals surface area contributed by atoms with Gasteiger partial charge in [-0.25, -0.2) is 26.9 Å². The predicted molar refractivity (Wildman–Crippen MR) is 107 cm³/mol. The molecule has 3 aromatic rings. The Morgan fingerprint density at radius 2 is 1.66 bits per heavy atom. The summed E-state index contributed by atoms with van der Waals surface area (Å²) < 4.78 is 55.0. The molecule has 1 aliphatic heterocycles. The highest BCUT2D eigenvalue weighted by Gasteiger charge is 2.28. The number of anilines is 1. The predicted octanol–water partition coefficient (Wildman–Crippen LogP) is 3.82. The van der Waals surface area contributed by atoms with Crippen LogP contribution in [0.3, 0.4) is 0 Å². The summed E-state index contributed by atoms with van der Waals surface area (Å²) in [6.07, 6.45) is 0.337. The number of benzene rings is 3. The summed E-state index contributed by atoms with van der Waals surface area (Å²) >= 11 is 0. The Morgan fingerprint density at radius 3 is 2.45 bits per heavy atom. The zero-order valence-electron chi connectivity index (χ0n) is 15.2. The van der Waals surface area contributed by atoms with E-state index in [1.165, 1.54) is 24.3 Å². The number of halogens is 2. The van der Waals surface area contributed by atoms with Crippen LogP contribution >= 0.6 is 0 Å². The summed E-state index contributed by atoms with van der Waals surface area (Å²) in [6.45, 7) is -0.0288. The van der Waals surface area contributed by atoms with E-state index in [0.29, 0.717) is 28.8 Å². The zero-order chi connectivity index (χ0) is 20.4. The average molecular weight is 413 g/mol. The third-order valence-electron chi connectivity index (χ3n) is 4.53. The van der Waals surface area contributed by atoms with Crippen molar-refractivity contribution in [3.8, 4) is 0 Å². The van der Waals surface area contributed by atoms with Gasteiger partial charge in [0.25, 0.3) is 10.0 Å². The molecule has 0 aliphatic carbocycles. The van der Waals surface area contributed by atoms with Gasteiger partial charge < -0.3 is 5.32 Å². The van der Waals surface area contributed by atoms with E-state index < -0.39 is 15.8 Å². The van der Waals surface area contributed by atoms with Crippen LogP contribution in [-0.4, -0.2) is 14.4 Å². The minimum atomic E-state index is -3.84. The molecule has 0 saturated heterocycles. The summed E-state index contributed by atoms with van der Waals surface area (Å²) in [4.78, 5) is 4.27. The molecule has 5 nitrogen and oxygen atoms in total. The Balaban J connectivity index is 1.68. The standard InChI is InChI=1S/C21H17F2N3O2S/c22-17-8-3-5-14(12-17)11-15-7-4-10-19-20(15)25-21(26-29(19,27)28)24-13-16-6-1-2-9-18(16)23/h1-10,12H,11,13H2,(H2,24,25,26). The highest BCUT2D eigenvalue weighted by molar-refractivity contribution is 7.90. The molecule has 0 spiro atoms. The highest BCUT2D eigenvalue weighted by atomic mass is 32.2. The van der Waals surface area contributed by atoms with E-state index in [1.54, 1.807) is 42.5 Å². The first-order valence-electron chi connectivity index (χ1n) is 8.86. The van der Waals surface area contributed by atoms with Gasteiger partial charge in [0.1, 0.15) is 16.5 Å². The number of para-hydroxylation sites is 1. The third kappa shape index (κ3) is 4.12. The first kappa shape index (κ1) is 19.1. The van der Waals surface area contributed by atoms with Crippen LogP contribution in [0.25, 0.3) is 0 Å². The number of nitrogens with one attached hydrogen (secondary N) is 2. The van der Waals surface area contributed by atoms with Crippen molar-refractivity contribution in [1.82, 2.24) is 4.72 Å². The second kappa shape index (κ2) is 7.63. The van der Waals surface area contributed by atoms with E-state index >= 15 is 0 Å². The SMILES string of the molecule is O=S1(=O)NC(=NCc2ccccc2F)Nc2c(Cc3cccc(F)c3)cccc21. The maximum Gasteiger partial charge on any atom is 0.266 e. The normalized spacial score (nSPS) is 16.0. The second-order valence-electron chi connectivity index (χ2n) is 6.58. The van der Waals surface area contributed by atoms with Crippen LogP contribution in [-0.2, 0) is 23.0 Å². The van der Waals surface area contributed by atoms with Crippen molar-refractivity contribution in [2.24, 2.45) is 4.99 Å². The van der Waals surface area contributed by atoms with Crippen molar-refractivity contribution in [3.05, 3.63) is 95.1 Å². The lowest BCUT2D eigenvalue weighted by Gasteiger charge is -2.24. The van der Waals surface area contributed by atoms with Crippen LogP contribution in [0.1, 0.15) is 16.7 Å². The summed E-state index contributed by atoms with van der Waals surface area (Å²) in [5, 5.41) is 2.99. The van der Waals surface area contributed by atoms with Crippen molar-refractivity contribution in [2.75, 3.05) is 5.32 Å². The van der Waals surface area contributed by atoms with Crippen LogP contribution in [0.4, 0.5) is 14.5 Å². The molecule has 0 saturated carbocycles. The van der Waals surface area contributed by atoms with E-state index in [1.807, 2.05) is 0 Å². The van der Waals surface area contributed by atoms with Crippen LogP contribution in [0.5, 0.6) is 0 Å². The molecule has 0 atom stereocenters. The van der Waals surface area contributed by atoms with Gasteiger partial charge in [-0.3, -0.25) is 0 Å². The molecule has 148 valence electrons. The third-order valence-corrected chi connectivity index (χ3v) is 5.91. The van der Waals surface area contributed by atoms with Gasteiger partial charge in [-0.05, 0) is 41.8 Å². The Labute approximate surface area is 167 Å². The molecule has 0 aromatic heterocycles. The van der Waals surface area contributed by atoms with E-state index in [4.69, 9.17) is 0 Å². The van der Waals surface area contributed by atoms with Crippen LogP contribution in [0, 0.1) is 11.6 Å². The van der Waals surface area contributed by atoms with Crippen LogP contribution in [0.2, 0.25) is 0 Å². The smallest absolute Gasteiger partial charge is 0.266 e. The lowest BCUT2D eigenvalue weighted by molar-refractivity contribution is 0.591. The molecule has 0 unspecified atom stereocenters. The molecule has 0 bridgehead atoms. The lowest BCUT2D eigenvalue weighted by Crippen LogP contribution is -2.41. The van der Waals surface area contributed by atoms with Gasteiger partial charge in [-0.15, -0.1) is 0 Å².